The van der Waals surface area contributed by atoms with Gasteiger partial charge in [0.05, 0.1) is 12.7 Å². The quantitative estimate of drug-likeness (QED) is 0.545. The van der Waals surface area contributed by atoms with E-state index in [9.17, 15) is 9.59 Å². The number of hydrogen-bond acceptors (Lipinski definition) is 3. The molecule has 5 heteroatoms. The Morgan fingerprint density at radius 3 is 2.66 bits per heavy atom. The summed E-state index contributed by atoms with van der Waals surface area (Å²) < 4.78 is 5.67. The average molecular weight is 384 g/mol. The van der Waals surface area contributed by atoms with Crippen molar-refractivity contribution in [3.05, 3.63) is 72.5 Å². The Balaban J connectivity index is 1.35. The lowest BCUT2D eigenvalue weighted by Crippen LogP contribution is -2.23. The molecule has 2 heterocycles. The Bertz CT molecular complexity index is 1220. The lowest BCUT2D eigenvalue weighted by molar-refractivity contribution is -0.117. The maximum absolute atomic E-state index is 12.6. The van der Waals surface area contributed by atoms with Crippen LogP contribution in [0.2, 0.25) is 0 Å². The van der Waals surface area contributed by atoms with Crippen LogP contribution in [0.15, 0.2) is 71.3 Å². The third kappa shape index (κ3) is 3.25. The second-order valence-electron chi connectivity index (χ2n) is 7.34. The van der Waals surface area contributed by atoms with Crippen LogP contribution in [0.1, 0.15) is 18.4 Å². The van der Waals surface area contributed by atoms with Crippen molar-refractivity contribution in [1.29, 1.82) is 0 Å². The highest BCUT2D eigenvalue weighted by atomic mass is 16.3. The second kappa shape index (κ2) is 7.09. The fourth-order valence-corrected chi connectivity index (χ4v) is 4.03. The first-order valence-corrected chi connectivity index (χ1v) is 9.77. The Morgan fingerprint density at radius 2 is 1.86 bits per heavy atom. The SMILES string of the molecule is O=C(Cc1coc2ccc3ccccc3c12)Nc1ccc(N2CCCC2=O)cc1. The molecule has 1 aromatic heterocycles. The molecule has 4 aromatic rings. The molecule has 0 unspecified atom stereocenters. The van der Waals surface area contributed by atoms with Gasteiger partial charge in [-0.1, -0.05) is 30.3 Å². The summed E-state index contributed by atoms with van der Waals surface area (Å²) in [7, 11) is 0. The Morgan fingerprint density at radius 1 is 1.03 bits per heavy atom. The Kier molecular flexibility index (Phi) is 4.28. The lowest BCUT2D eigenvalue weighted by atomic mass is 10.0. The number of fused-ring (bicyclic) bond motifs is 3. The summed E-state index contributed by atoms with van der Waals surface area (Å²) in [6, 6.07) is 19.5. The highest BCUT2D eigenvalue weighted by Gasteiger charge is 2.21. The van der Waals surface area contributed by atoms with Crippen LogP contribution < -0.4 is 10.2 Å². The monoisotopic (exact) mass is 384 g/mol. The van der Waals surface area contributed by atoms with Crippen molar-refractivity contribution in [2.45, 2.75) is 19.3 Å². The van der Waals surface area contributed by atoms with Crippen LogP contribution >= 0.6 is 0 Å². The van der Waals surface area contributed by atoms with Crippen LogP contribution in [0.5, 0.6) is 0 Å². The fourth-order valence-electron chi connectivity index (χ4n) is 4.03. The zero-order chi connectivity index (χ0) is 19.8. The third-order valence-electron chi connectivity index (χ3n) is 5.43. The summed E-state index contributed by atoms with van der Waals surface area (Å²) in [5.41, 5.74) is 3.24. The fraction of sp³-hybridized carbons (Fsp3) is 0.167. The molecule has 1 aliphatic rings. The van der Waals surface area contributed by atoms with E-state index < -0.39 is 0 Å². The minimum absolute atomic E-state index is 0.106. The van der Waals surface area contributed by atoms with E-state index in [1.165, 1.54) is 0 Å². The highest BCUT2D eigenvalue weighted by molar-refractivity contribution is 6.09. The van der Waals surface area contributed by atoms with E-state index in [1.807, 2.05) is 54.6 Å². The average Bonchev–Trinajstić information content (AvgIpc) is 3.35. The summed E-state index contributed by atoms with van der Waals surface area (Å²) in [6.07, 6.45) is 3.39. The van der Waals surface area contributed by atoms with Gasteiger partial charge in [0.1, 0.15) is 5.58 Å². The maximum atomic E-state index is 12.6. The first-order chi connectivity index (χ1) is 14.2. The van der Waals surface area contributed by atoms with Crippen LogP contribution in [-0.2, 0) is 16.0 Å². The van der Waals surface area contributed by atoms with Crippen molar-refractivity contribution in [1.82, 2.24) is 0 Å². The smallest absolute Gasteiger partial charge is 0.228 e. The van der Waals surface area contributed by atoms with Crippen molar-refractivity contribution in [2.24, 2.45) is 0 Å². The van der Waals surface area contributed by atoms with E-state index in [0.29, 0.717) is 12.1 Å². The summed E-state index contributed by atoms with van der Waals surface area (Å²) in [6.45, 7) is 0.756. The van der Waals surface area contributed by atoms with E-state index >= 15 is 0 Å². The molecule has 3 aromatic carbocycles. The van der Waals surface area contributed by atoms with Gasteiger partial charge in [-0.25, -0.2) is 0 Å². The number of hydrogen-bond donors (Lipinski definition) is 1. The molecule has 5 rings (SSSR count). The summed E-state index contributed by atoms with van der Waals surface area (Å²) in [5.74, 6) is 0.0477. The number of nitrogens with one attached hydrogen (secondary N) is 1. The predicted octanol–water partition coefficient (Wildman–Crippen LogP) is 4.89. The zero-order valence-electron chi connectivity index (χ0n) is 15.9. The van der Waals surface area contributed by atoms with Gasteiger partial charge in [0.25, 0.3) is 0 Å². The normalized spacial score (nSPS) is 14.1. The molecule has 0 bridgehead atoms. The largest absolute Gasteiger partial charge is 0.464 e. The second-order valence-corrected chi connectivity index (χ2v) is 7.34. The number of carbonyl (C=O) groups is 2. The van der Waals surface area contributed by atoms with Gasteiger partial charge in [0.2, 0.25) is 11.8 Å². The Hall–Kier alpha value is -3.60. The van der Waals surface area contributed by atoms with Gasteiger partial charge in [-0.15, -0.1) is 0 Å². The van der Waals surface area contributed by atoms with E-state index in [4.69, 9.17) is 4.42 Å². The molecule has 5 nitrogen and oxygen atoms in total. The van der Waals surface area contributed by atoms with Crippen LogP contribution in [0.25, 0.3) is 21.7 Å². The maximum Gasteiger partial charge on any atom is 0.228 e. The zero-order valence-corrected chi connectivity index (χ0v) is 15.9. The molecule has 0 saturated carbocycles. The van der Waals surface area contributed by atoms with Crippen LogP contribution in [0, 0.1) is 0 Å². The molecular formula is C24H20N2O3. The minimum atomic E-state index is -0.106. The summed E-state index contributed by atoms with van der Waals surface area (Å²) in [4.78, 5) is 26.3. The standard InChI is InChI=1S/C24H20N2O3/c27-22(25-18-8-10-19(11-9-18)26-13-3-6-23(26)28)14-17-15-29-21-12-7-16-4-1-2-5-20(16)24(17)21/h1-2,4-5,7-12,15H,3,6,13-14H2,(H,25,27). The van der Waals surface area contributed by atoms with Crippen LogP contribution in [0.3, 0.4) is 0 Å². The van der Waals surface area contributed by atoms with Gasteiger partial charge < -0.3 is 14.6 Å². The molecular weight excluding hydrogens is 364 g/mol. The number of anilines is 2. The summed E-state index contributed by atoms with van der Waals surface area (Å²) >= 11 is 0. The minimum Gasteiger partial charge on any atom is -0.464 e. The van der Waals surface area contributed by atoms with E-state index in [1.54, 1.807) is 11.2 Å². The molecule has 0 radical (unpaired) electrons. The molecule has 1 saturated heterocycles. The molecule has 2 amide bonds. The van der Waals surface area contributed by atoms with E-state index in [2.05, 4.69) is 11.4 Å². The Labute approximate surface area is 167 Å². The molecule has 0 spiro atoms. The van der Waals surface area contributed by atoms with E-state index in [-0.39, 0.29) is 18.2 Å². The molecule has 144 valence electrons. The van der Waals surface area contributed by atoms with E-state index in [0.717, 1.165) is 46.0 Å². The predicted molar refractivity (Wildman–Crippen MR) is 114 cm³/mol. The number of benzene rings is 3. The number of carbonyl (C=O) groups excluding carboxylic acids is 2. The number of furan rings is 1. The van der Waals surface area contributed by atoms with Gasteiger partial charge in [-0.3, -0.25) is 9.59 Å². The molecule has 0 aliphatic carbocycles. The molecule has 1 fully saturated rings. The van der Waals surface area contributed by atoms with Crippen molar-refractivity contribution in [3.63, 3.8) is 0 Å². The van der Waals surface area contributed by atoms with Crippen molar-refractivity contribution in [3.8, 4) is 0 Å². The van der Waals surface area contributed by atoms with Gasteiger partial charge in [0.15, 0.2) is 0 Å². The van der Waals surface area contributed by atoms with Crippen molar-refractivity contribution >= 4 is 44.9 Å². The van der Waals surface area contributed by atoms with Crippen LogP contribution in [0.4, 0.5) is 11.4 Å². The number of amides is 2. The van der Waals surface area contributed by atoms with Crippen molar-refractivity contribution in [2.75, 3.05) is 16.8 Å². The van der Waals surface area contributed by atoms with Gasteiger partial charge >= 0.3 is 0 Å². The first-order valence-electron chi connectivity index (χ1n) is 9.77. The van der Waals surface area contributed by atoms with Crippen LogP contribution in [-0.4, -0.2) is 18.4 Å². The van der Waals surface area contributed by atoms with Gasteiger partial charge in [-0.05, 0) is 47.5 Å². The molecule has 29 heavy (non-hydrogen) atoms. The lowest BCUT2D eigenvalue weighted by Gasteiger charge is -2.16. The molecule has 0 atom stereocenters. The summed E-state index contributed by atoms with van der Waals surface area (Å²) in [5, 5.41) is 6.13. The third-order valence-corrected chi connectivity index (χ3v) is 5.43. The van der Waals surface area contributed by atoms with Gasteiger partial charge in [-0.2, -0.15) is 0 Å². The number of rotatable bonds is 4. The number of nitrogens with zero attached hydrogens (tertiary/aromatic N) is 1. The topological polar surface area (TPSA) is 62.6 Å². The molecule has 1 aliphatic heterocycles. The highest BCUT2D eigenvalue weighted by Crippen LogP contribution is 2.30. The van der Waals surface area contributed by atoms with Gasteiger partial charge in [0, 0.05) is 35.3 Å². The first kappa shape index (κ1) is 17.5. The van der Waals surface area contributed by atoms with Crippen molar-refractivity contribution < 1.29 is 14.0 Å². The molecule has 1 N–H and O–H groups in total.